The fourth-order valence-corrected chi connectivity index (χ4v) is 5.03. The van der Waals surface area contributed by atoms with E-state index in [1.165, 1.54) is 48.5 Å². The van der Waals surface area contributed by atoms with Crippen molar-refractivity contribution in [2.24, 2.45) is 11.5 Å². The van der Waals surface area contributed by atoms with Crippen molar-refractivity contribution in [2.45, 2.75) is 34.7 Å². The van der Waals surface area contributed by atoms with E-state index >= 15 is 0 Å². The first-order chi connectivity index (χ1) is 15.7. The maximum absolute atomic E-state index is 12.9. The molecule has 0 fully saturated rings. The zero-order chi connectivity index (χ0) is 24.4. The monoisotopic (exact) mass is 510 g/mol. The molecule has 0 bridgehead atoms. The number of nitrogens with two attached hydrogens (primary N) is 2. The maximum Gasteiger partial charge on any atom is 0.241 e. The van der Waals surface area contributed by atoms with Gasteiger partial charge in [-0.15, -0.1) is 0 Å². The van der Waals surface area contributed by atoms with Gasteiger partial charge in [0.05, 0.1) is 21.9 Å². The molecule has 0 unspecified atom stereocenters. The van der Waals surface area contributed by atoms with Crippen molar-refractivity contribution >= 4 is 56.6 Å². The van der Waals surface area contributed by atoms with E-state index in [0.29, 0.717) is 24.2 Å². The first-order valence-electron chi connectivity index (χ1n) is 10.2. The number of rotatable bonds is 12. The van der Waals surface area contributed by atoms with Crippen LogP contribution in [-0.2, 0) is 19.4 Å². The Hall–Kier alpha value is -2.05. The SMILES string of the molecule is CSCC[C@@H](N)C(=O)Nc1ccc(S(=O)(=O)c2ccc(NC(=O)[C@H](N)CCSC)cc2)cc1. The first-order valence-corrected chi connectivity index (χ1v) is 14.5. The summed E-state index contributed by atoms with van der Waals surface area (Å²) in [7, 11) is -3.77. The number of hydrogen-bond donors (Lipinski definition) is 4. The standard InChI is InChI=1S/C22H30N4O4S3/c1-31-13-11-19(23)21(27)25-15-3-7-17(8-4-15)33(29,30)18-9-5-16(6-10-18)26-22(28)20(24)12-14-32-2/h3-10,19-20H,11-14,23-24H2,1-2H3,(H,25,27)(H,26,28)/t19-,20-/m1/s1. The Morgan fingerprint density at radius 3 is 1.39 bits per heavy atom. The number of nitrogens with one attached hydrogen (secondary N) is 2. The van der Waals surface area contributed by atoms with Gasteiger partial charge >= 0.3 is 0 Å². The quantitative estimate of drug-likeness (QED) is 0.341. The van der Waals surface area contributed by atoms with E-state index in [2.05, 4.69) is 10.6 Å². The van der Waals surface area contributed by atoms with E-state index < -0.39 is 21.9 Å². The van der Waals surface area contributed by atoms with Gasteiger partial charge in [0.25, 0.3) is 0 Å². The van der Waals surface area contributed by atoms with Crippen molar-refractivity contribution < 1.29 is 18.0 Å². The minimum absolute atomic E-state index is 0.0862. The van der Waals surface area contributed by atoms with E-state index in [0.717, 1.165) is 11.5 Å². The molecule has 6 N–H and O–H groups in total. The third-order valence-electron chi connectivity index (χ3n) is 4.80. The van der Waals surface area contributed by atoms with Gasteiger partial charge in [0.15, 0.2) is 0 Å². The van der Waals surface area contributed by atoms with Gasteiger partial charge in [0.1, 0.15) is 0 Å². The summed E-state index contributed by atoms with van der Waals surface area (Å²) in [4.78, 5) is 24.4. The smallest absolute Gasteiger partial charge is 0.241 e. The summed E-state index contributed by atoms with van der Waals surface area (Å²) in [5, 5.41) is 5.39. The highest BCUT2D eigenvalue weighted by Gasteiger charge is 2.19. The molecule has 11 heteroatoms. The Morgan fingerprint density at radius 1 is 0.758 bits per heavy atom. The molecule has 0 radical (unpaired) electrons. The molecule has 2 aromatic carbocycles. The van der Waals surface area contributed by atoms with Gasteiger partial charge in [-0.2, -0.15) is 23.5 Å². The second-order valence-electron chi connectivity index (χ2n) is 7.31. The minimum atomic E-state index is -3.77. The zero-order valence-corrected chi connectivity index (χ0v) is 21.1. The summed E-state index contributed by atoms with van der Waals surface area (Å²) < 4.78 is 25.9. The van der Waals surface area contributed by atoms with Crippen LogP contribution in [0.3, 0.4) is 0 Å². The molecular weight excluding hydrogens is 480 g/mol. The molecule has 8 nitrogen and oxygen atoms in total. The number of hydrogen-bond acceptors (Lipinski definition) is 8. The normalized spacial score (nSPS) is 13.2. The molecule has 0 spiro atoms. The molecule has 0 heterocycles. The van der Waals surface area contributed by atoms with Crippen LogP contribution in [-0.4, -0.2) is 56.3 Å². The highest BCUT2D eigenvalue weighted by molar-refractivity contribution is 7.98. The summed E-state index contributed by atoms with van der Waals surface area (Å²) in [6, 6.07) is 10.6. The average Bonchev–Trinajstić information content (AvgIpc) is 2.81. The molecule has 2 amide bonds. The van der Waals surface area contributed by atoms with Gasteiger partial charge in [-0.3, -0.25) is 9.59 Å². The molecule has 33 heavy (non-hydrogen) atoms. The van der Waals surface area contributed by atoms with Crippen LogP contribution in [0.1, 0.15) is 12.8 Å². The van der Waals surface area contributed by atoms with Gasteiger partial charge in [0, 0.05) is 11.4 Å². The number of thioether (sulfide) groups is 2. The maximum atomic E-state index is 12.9. The fourth-order valence-electron chi connectivity index (χ4n) is 2.79. The Morgan fingerprint density at radius 2 is 1.09 bits per heavy atom. The summed E-state index contributed by atoms with van der Waals surface area (Å²) in [5.41, 5.74) is 12.6. The van der Waals surface area contributed by atoms with Gasteiger partial charge in [0.2, 0.25) is 21.7 Å². The highest BCUT2D eigenvalue weighted by atomic mass is 32.2. The molecule has 0 aliphatic heterocycles. The van der Waals surface area contributed by atoms with Crippen molar-refractivity contribution in [3.63, 3.8) is 0 Å². The van der Waals surface area contributed by atoms with Crippen LogP contribution in [0.4, 0.5) is 11.4 Å². The summed E-state index contributed by atoms with van der Waals surface area (Å²) >= 11 is 3.22. The van der Waals surface area contributed by atoms with Crippen molar-refractivity contribution in [2.75, 3.05) is 34.7 Å². The summed E-state index contributed by atoms with van der Waals surface area (Å²) in [6.07, 6.45) is 4.99. The van der Waals surface area contributed by atoms with Crippen LogP contribution < -0.4 is 22.1 Å². The first kappa shape index (κ1) is 27.2. The Labute approximate surface area is 203 Å². The second kappa shape index (κ2) is 13.0. The Bertz CT molecular complexity index is 951. The lowest BCUT2D eigenvalue weighted by atomic mass is 10.2. The minimum Gasteiger partial charge on any atom is -0.325 e. The van der Waals surface area contributed by atoms with Crippen molar-refractivity contribution in [3.05, 3.63) is 48.5 Å². The van der Waals surface area contributed by atoms with Crippen LogP contribution in [0.2, 0.25) is 0 Å². The van der Waals surface area contributed by atoms with Gasteiger partial charge in [-0.1, -0.05) is 0 Å². The van der Waals surface area contributed by atoms with E-state index in [1.54, 1.807) is 23.5 Å². The van der Waals surface area contributed by atoms with Crippen LogP contribution in [0, 0.1) is 0 Å². The highest BCUT2D eigenvalue weighted by Crippen LogP contribution is 2.24. The molecule has 0 saturated carbocycles. The van der Waals surface area contributed by atoms with Crippen molar-refractivity contribution in [1.29, 1.82) is 0 Å². The van der Waals surface area contributed by atoms with E-state index in [-0.39, 0.29) is 21.6 Å². The van der Waals surface area contributed by atoms with Crippen molar-refractivity contribution in [3.8, 4) is 0 Å². The molecule has 0 aromatic heterocycles. The van der Waals surface area contributed by atoms with Crippen LogP contribution >= 0.6 is 23.5 Å². The molecule has 0 aliphatic rings. The molecule has 0 aliphatic carbocycles. The molecule has 180 valence electrons. The van der Waals surface area contributed by atoms with Gasteiger partial charge in [-0.05, 0) is 85.4 Å². The lowest BCUT2D eigenvalue weighted by molar-refractivity contribution is -0.118. The predicted octanol–water partition coefficient (Wildman–Crippen LogP) is 2.56. The number of sulfone groups is 1. The fraction of sp³-hybridized carbons (Fsp3) is 0.364. The topological polar surface area (TPSA) is 144 Å². The number of carbonyl (C=O) groups is 2. The summed E-state index contributed by atoms with van der Waals surface area (Å²) in [5.74, 6) is 0.925. The average molecular weight is 511 g/mol. The molecule has 2 atom stereocenters. The van der Waals surface area contributed by atoms with E-state index in [1.807, 2.05) is 12.5 Å². The third-order valence-corrected chi connectivity index (χ3v) is 7.88. The number of carbonyl (C=O) groups excluding carboxylic acids is 2. The Kier molecular flexibility index (Phi) is 10.7. The predicted molar refractivity (Wildman–Crippen MR) is 138 cm³/mol. The molecule has 2 rings (SSSR count). The van der Waals surface area contributed by atoms with Crippen LogP contribution in [0.5, 0.6) is 0 Å². The number of anilines is 2. The van der Waals surface area contributed by atoms with E-state index in [4.69, 9.17) is 11.5 Å². The van der Waals surface area contributed by atoms with Gasteiger partial charge < -0.3 is 22.1 Å². The van der Waals surface area contributed by atoms with Crippen LogP contribution in [0.25, 0.3) is 0 Å². The molecular formula is C22H30N4O4S3. The second-order valence-corrected chi connectivity index (χ2v) is 11.2. The van der Waals surface area contributed by atoms with Crippen molar-refractivity contribution in [1.82, 2.24) is 0 Å². The molecule has 2 aromatic rings. The zero-order valence-electron chi connectivity index (χ0n) is 18.6. The lowest BCUT2D eigenvalue weighted by Crippen LogP contribution is -2.36. The summed E-state index contributed by atoms with van der Waals surface area (Å²) in [6.45, 7) is 0. The number of benzene rings is 2. The third kappa shape index (κ3) is 8.04. The van der Waals surface area contributed by atoms with Crippen LogP contribution in [0.15, 0.2) is 58.3 Å². The largest absolute Gasteiger partial charge is 0.325 e. The molecule has 0 saturated heterocycles. The van der Waals surface area contributed by atoms with E-state index in [9.17, 15) is 18.0 Å². The number of amides is 2. The van der Waals surface area contributed by atoms with Gasteiger partial charge in [-0.25, -0.2) is 8.42 Å². The lowest BCUT2D eigenvalue weighted by Gasteiger charge is -2.13. The Balaban J connectivity index is 2.04.